The van der Waals surface area contributed by atoms with Crippen molar-refractivity contribution in [1.82, 2.24) is 9.88 Å². The SMILES string of the molecule is COC[C@H]1N(c2nc(-c3cc(C)ccc3OCc3ccc4c(c3)CCN(C3CCOCC3)C4)cs2)C[C@@H]2C[C@@]21C(=O)O. The summed E-state index contributed by atoms with van der Waals surface area (Å²) in [6, 6.07) is 13.5. The van der Waals surface area contributed by atoms with Gasteiger partial charge in [-0.2, -0.15) is 0 Å². The number of piperidine rings is 1. The van der Waals surface area contributed by atoms with E-state index in [4.69, 9.17) is 19.2 Å². The quantitative estimate of drug-likeness (QED) is 0.367. The van der Waals surface area contributed by atoms with Gasteiger partial charge in [-0.15, -0.1) is 11.3 Å². The van der Waals surface area contributed by atoms with Crippen LogP contribution in [0.25, 0.3) is 11.3 Å². The third-order valence-corrected chi connectivity index (χ3v) is 10.7. The van der Waals surface area contributed by atoms with Crippen LogP contribution in [0.15, 0.2) is 41.8 Å². The standard InChI is InChI=1S/C33H39N3O5S/c1-21-3-6-29(41-18-22-4-5-24-16-35(10-7-23(24)14-22)26-8-11-40-12-9-26)27(13-21)28-20-42-32(34-28)36-17-25-15-33(25,31(37)38)30(36)19-39-2/h3-6,13-14,20,25-26,30H,7-12,15-19H2,1-2H3,(H,37,38)/t25-,30+,33+/m0/s1. The number of aromatic nitrogens is 1. The molecule has 0 bridgehead atoms. The van der Waals surface area contributed by atoms with Crippen LogP contribution in [0, 0.1) is 18.3 Å². The van der Waals surface area contributed by atoms with Crippen molar-refractivity contribution in [2.45, 2.75) is 57.8 Å². The molecule has 1 N–H and O–H groups in total. The summed E-state index contributed by atoms with van der Waals surface area (Å²) in [5.41, 5.74) is 6.28. The third-order valence-electron chi connectivity index (χ3n) is 9.83. The molecule has 3 aromatic rings. The zero-order chi connectivity index (χ0) is 28.8. The number of aryl methyl sites for hydroxylation is 1. The maximum Gasteiger partial charge on any atom is 0.312 e. The number of carbonyl (C=O) groups is 1. The lowest BCUT2D eigenvalue weighted by Gasteiger charge is -2.37. The fourth-order valence-electron chi connectivity index (χ4n) is 7.37. The molecule has 1 aliphatic carbocycles. The van der Waals surface area contributed by atoms with Crippen LogP contribution < -0.4 is 9.64 Å². The maximum absolute atomic E-state index is 12.2. The highest BCUT2D eigenvalue weighted by Crippen LogP contribution is 2.62. The van der Waals surface area contributed by atoms with Gasteiger partial charge in [-0.25, -0.2) is 4.98 Å². The predicted molar refractivity (Wildman–Crippen MR) is 162 cm³/mol. The van der Waals surface area contributed by atoms with Gasteiger partial charge in [0.25, 0.3) is 0 Å². The summed E-state index contributed by atoms with van der Waals surface area (Å²) in [7, 11) is 1.64. The van der Waals surface area contributed by atoms with Gasteiger partial charge in [-0.1, -0.05) is 29.8 Å². The molecule has 0 spiro atoms. The Morgan fingerprint density at radius 1 is 1.19 bits per heavy atom. The minimum absolute atomic E-state index is 0.155. The number of methoxy groups -OCH3 is 1. The minimum atomic E-state index is -0.720. The van der Waals surface area contributed by atoms with Crippen molar-refractivity contribution < 1.29 is 24.1 Å². The second kappa shape index (κ2) is 11.3. The van der Waals surface area contributed by atoms with Crippen LogP contribution in [-0.2, 0) is 33.8 Å². The lowest BCUT2D eigenvalue weighted by Crippen LogP contribution is -2.43. The minimum Gasteiger partial charge on any atom is -0.488 e. The van der Waals surface area contributed by atoms with Crippen molar-refractivity contribution in [2.24, 2.45) is 11.3 Å². The molecule has 1 aromatic heterocycles. The van der Waals surface area contributed by atoms with E-state index in [1.165, 1.54) is 16.7 Å². The second-order valence-electron chi connectivity index (χ2n) is 12.3. The number of thiazole rings is 1. The van der Waals surface area contributed by atoms with E-state index in [0.29, 0.717) is 25.8 Å². The number of hydrogen-bond acceptors (Lipinski definition) is 8. The van der Waals surface area contributed by atoms with E-state index in [1.807, 2.05) is 6.07 Å². The summed E-state index contributed by atoms with van der Waals surface area (Å²) in [5.74, 6) is 0.240. The third kappa shape index (κ3) is 5.00. The summed E-state index contributed by atoms with van der Waals surface area (Å²) in [5, 5.41) is 12.9. The predicted octanol–water partition coefficient (Wildman–Crippen LogP) is 5.16. The van der Waals surface area contributed by atoms with Gasteiger partial charge in [0, 0.05) is 56.9 Å². The van der Waals surface area contributed by atoms with Crippen molar-refractivity contribution >= 4 is 22.4 Å². The first-order valence-corrected chi connectivity index (χ1v) is 15.9. The number of anilines is 1. The Labute approximate surface area is 251 Å². The van der Waals surface area contributed by atoms with Crippen molar-refractivity contribution in [2.75, 3.05) is 44.9 Å². The monoisotopic (exact) mass is 589 g/mol. The fraction of sp³-hybridized carbons (Fsp3) is 0.515. The van der Waals surface area contributed by atoms with Crippen LogP contribution >= 0.6 is 11.3 Å². The number of ether oxygens (including phenoxy) is 3. The lowest BCUT2D eigenvalue weighted by atomic mass is 9.95. The molecule has 4 heterocycles. The van der Waals surface area contributed by atoms with Gasteiger partial charge in [-0.05, 0) is 67.3 Å². The van der Waals surface area contributed by atoms with E-state index in [-0.39, 0.29) is 12.0 Å². The van der Waals surface area contributed by atoms with E-state index < -0.39 is 11.4 Å². The van der Waals surface area contributed by atoms with Crippen LogP contribution in [0.4, 0.5) is 5.13 Å². The average Bonchev–Trinajstić information content (AvgIpc) is 3.37. The highest BCUT2D eigenvalue weighted by atomic mass is 32.1. The molecule has 8 nitrogen and oxygen atoms in total. The molecule has 2 aromatic carbocycles. The summed E-state index contributed by atoms with van der Waals surface area (Å²) in [6.07, 6.45) is 4.06. The Balaban J connectivity index is 1.06. The van der Waals surface area contributed by atoms with Gasteiger partial charge in [0.15, 0.2) is 5.13 Å². The molecule has 3 aliphatic heterocycles. The number of benzene rings is 2. The highest BCUT2D eigenvalue weighted by molar-refractivity contribution is 7.14. The van der Waals surface area contributed by atoms with Crippen molar-refractivity contribution in [3.63, 3.8) is 0 Å². The van der Waals surface area contributed by atoms with Gasteiger partial charge < -0.3 is 24.2 Å². The molecular weight excluding hydrogens is 550 g/mol. The van der Waals surface area contributed by atoms with E-state index in [0.717, 1.165) is 79.7 Å². The zero-order valence-electron chi connectivity index (χ0n) is 24.4. The number of aliphatic carboxylic acids is 1. The molecule has 9 heteroatoms. The Morgan fingerprint density at radius 2 is 2.05 bits per heavy atom. The van der Waals surface area contributed by atoms with E-state index >= 15 is 0 Å². The number of carboxylic acid groups (broad SMARTS) is 1. The topological polar surface area (TPSA) is 84.4 Å². The Kier molecular flexibility index (Phi) is 7.46. The lowest BCUT2D eigenvalue weighted by molar-refractivity contribution is -0.144. The highest BCUT2D eigenvalue weighted by Gasteiger charge is 2.71. The molecule has 7 rings (SSSR count). The summed E-state index contributed by atoms with van der Waals surface area (Å²) >= 11 is 1.56. The summed E-state index contributed by atoms with van der Waals surface area (Å²) in [6.45, 7) is 7.54. The molecule has 1 saturated carbocycles. The zero-order valence-corrected chi connectivity index (χ0v) is 25.2. The number of carboxylic acids is 1. The van der Waals surface area contributed by atoms with Gasteiger partial charge in [0.1, 0.15) is 12.4 Å². The largest absolute Gasteiger partial charge is 0.488 e. The number of nitrogens with zero attached hydrogens (tertiary/aromatic N) is 3. The summed E-state index contributed by atoms with van der Waals surface area (Å²) in [4.78, 5) is 21.9. The Bertz CT molecular complexity index is 1470. The van der Waals surface area contributed by atoms with Gasteiger partial charge in [0.05, 0.1) is 23.8 Å². The molecule has 2 saturated heterocycles. The fourth-order valence-corrected chi connectivity index (χ4v) is 8.26. The van der Waals surface area contributed by atoms with Gasteiger partial charge in [0.2, 0.25) is 0 Å². The van der Waals surface area contributed by atoms with Crippen LogP contribution in [0.3, 0.4) is 0 Å². The number of hydrogen-bond donors (Lipinski definition) is 1. The van der Waals surface area contributed by atoms with Crippen molar-refractivity contribution in [3.05, 3.63) is 64.0 Å². The van der Waals surface area contributed by atoms with Crippen molar-refractivity contribution in [1.29, 1.82) is 0 Å². The molecule has 42 heavy (non-hydrogen) atoms. The van der Waals surface area contributed by atoms with Gasteiger partial charge >= 0.3 is 5.97 Å². The second-order valence-corrected chi connectivity index (χ2v) is 13.2. The van der Waals surface area contributed by atoms with E-state index in [1.54, 1.807) is 18.4 Å². The molecule has 0 radical (unpaired) electrons. The number of rotatable bonds is 9. The molecule has 3 fully saturated rings. The summed E-state index contributed by atoms with van der Waals surface area (Å²) < 4.78 is 17.5. The Morgan fingerprint density at radius 3 is 2.86 bits per heavy atom. The maximum atomic E-state index is 12.2. The van der Waals surface area contributed by atoms with Gasteiger partial charge in [-0.3, -0.25) is 9.69 Å². The number of fused-ring (bicyclic) bond motifs is 2. The first kappa shape index (κ1) is 27.8. The average molecular weight is 590 g/mol. The van der Waals surface area contributed by atoms with Crippen molar-refractivity contribution in [3.8, 4) is 17.0 Å². The molecule has 0 unspecified atom stereocenters. The molecule has 222 valence electrons. The van der Waals surface area contributed by atoms with Crippen LogP contribution in [0.5, 0.6) is 5.75 Å². The van der Waals surface area contributed by atoms with Crippen LogP contribution in [-0.4, -0.2) is 73.1 Å². The first-order valence-electron chi connectivity index (χ1n) is 15.1. The molecule has 3 atom stereocenters. The van der Waals surface area contributed by atoms with E-state index in [2.05, 4.69) is 52.4 Å². The van der Waals surface area contributed by atoms with Crippen LogP contribution in [0.2, 0.25) is 0 Å². The first-order chi connectivity index (χ1) is 20.5. The normalized spacial score (nSPS) is 25.7. The molecule has 4 aliphatic rings. The Hall–Kier alpha value is -2.98. The van der Waals surface area contributed by atoms with E-state index in [9.17, 15) is 9.90 Å². The smallest absolute Gasteiger partial charge is 0.312 e. The molecular formula is C33H39N3O5S. The van der Waals surface area contributed by atoms with Crippen LogP contribution in [0.1, 0.15) is 41.5 Å². The molecule has 0 amide bonds.